The normalized spacial score (nSPS) is 11.4. The van der Waals surface area contributed by atoms with Crippen molar-refractivity contribution in [2.45, 2.75) is 39.2 Å². The lowest BCUT2D eigenvalue weighted by Crippen LogP contribution is -2.35. The maximum absolute atomic E-state index is 12.9. The zero-order valence-electron chi connectivity index (χ0n) is 16.1. The van der Waals surface area contributed by atoms with Gasteiger partial charge in [-0.15, -0.1) is 11.3 Å². The van der Waals surface area contributed by atoms with Crippen LogP contribution in [-0.4, -0.2) is 17.5 Å². The first-order valence-electron chi connectivity index (χ1n) is 9.12. The Hall–Kier alpha value is -2.53. The smallest absolute Gasteiger partial charge is 0.322 e. The van der Waals surface area contributed by atoms with Gasteiger partial charge in [-0.1, -0.05) is 39.0 Å². The third-order valence-electron chi connectivity index (χ3n) is 4.45. The van der Waals surface area contributed by atoms with Crippen molar-refractivity contribution < 1.29 is 9.21 Å². The van der Waals surface area contributed by atoms with E-state index in [0.29, 0.717) is 13.1 Å². The van der Waals surface area contributed by atoms with Crippen molar-refractivity contribution in [3.05, 3.63) is 76.4 Å². The number of nitrogens with zero attached hydrogens (tertiary/aromatic N) is 1. The molecule has 2 aromatic heterocycles. The number of thiophene rings is 1. The van der Waals surface area contributed by atoms with E-state index in [1.807, 2.05) is 29.2 Å². The minimum atomic E-state index is -0.101. The zero-order valence-corrected chi connectivity index (χ0v) is 16.9. The molecule has 0 radical (unpaired) electrons. The summed E-state index contributed by atoms with van der Waals surface area (Å²) < 4.78 is 5.15. The summed E-state index contributed by atoms with van der Waals surface area (Å²) in [6.07, 6.45) is 4.16. The van der Waals surface area contributed by atoms with E-state index in [9.17, 15) is 4.79 Å². The van der Waals surface area contributed by atoms with Crippen LogP contribution in [0.2, 0.25) is 0 Å². The molecule has 3 rings (SSSR count). The zero-order chi connectivity index (χ0) is 19.3. The number of carbonyl (C=O) groups is 1. The highest BCUT2D eigenvalue weighted by Gasteiger charge is 2.17. The first-order chi connectivity index (χ1) is 12.9. The Kier molecular flexibility index (Phi) is 6.01. The summed E-state index contributed by atoms with van der Waals surface area (Å²) in [5.41, 5.74) is 3.13. The molecule has 0 unspecified atom stereocenters. The van der Waals surface area contributed by atoms with Crippen LogP contribution in [0.1, 0.15) is 36.8 Å². The number of hydrogen-bond donors (Lipinski definition) is 1. The van der Waals surface area contributed by atoms with Crippen LogP contribution in [0.5, 0.6) is 0 Å². The molecule has 0 bridgehead atoms. The average Bonchev–Trinajstić information content (AvgIpc) is 3.32. The fraction of sp³-hybridized carbons (Fsp3) is 0.318. The fourth-order valence-electron chi connectivity index (χ4n) is 2.81. The molecule has 0 atom stereocenters. The minimum Gasteiger partial charge on any atom is -0.472 e. The maximum Gasteiger partial charge on any atom is 0.322 e. The molecule has 4 nitrogen and oxygen atoms in total. The second kappa shape index (κ2) is 8.44. The molecule has 3 aromatic rings. The van der Waals surface area contributed by atoms with E-state index in [4.69, 9.17) is 4.42 Å². The van der Waals surface area contributed by atoms with Gasteiger partial charge in [0.15, 0.2) is 0 Å². The van der Waals surface area contributed by atoms with Crippen LogP contribution >= 0.6 is 11.3 Å². The van der Waals surface area contributed by atoms with E-state index in [1.54, 1.807) is 23.9 Å². The van der Waals surface area contributed by atoms with Gasteiger partial charge in [-0.25, -0.2) is 4.79 Å². The number of urea groups is 1. The summed E-state index contributed by atoms with van der Waals surface area (Å²) in [5, 5.41) is 5.09. The lowest BCUT2D eigenvalue weighted by atomic mass is 9.87. The number of carbonyl (C=O) groups excluding carboxylic acids is 1. The number of anilines is 1. The second-order valence-corrected chi connectivity index (χ2v) is 8.67. The molecular formula is C22H26N2O2S. The van der Waals surface area contributed by atoms with Gasteiger partial charge in [0.05, 0.1) is 19.1 Å². The number of rotatable bonds is 6. The van der Waals surface area contributed by atoms with Gasteiger partial charge in [-0.05, 0) is 47.0 Å². The van der Waals surface area contributed by atoms with E-state index in [-0.39, 0.29) is 11.4 Å². The number of amides is 2. The predicted octanol–water partition coefficient (Wildman–Crippen LogP) is 5.92. The molecule has 2 heterocycles. The Balaban J connectivity index is 1.67. The molecule has 2 amide bonds. The number of furan rings is 1. The van der Waals surface area contributed by atoms with Crippen LogP contribution in [0.4, 0.5) is 10.5 Å². The first kappa shape index (κ1) is 19.2. The Morgan fingerprint density at radius 3 is 2.52 bits per heavy atom. The van der Waals surface area contributed by atoms with Crippen molar-refractivity contribution in [1.29, 1.82) is 0 Å². The molecule has 0 aliphatic carbocycles. The third-order valence-corrected chi connectivity index (χ3v) is 5.39. The summed E-state index contributed by atoms with van der Waals surface area (Å²) in [4.78, 5) is 16.0. The topological polar surface area (TPSA) is 45.5 Å². The number of hydrogen-bond acceptors (Lipinski definition) is 3. The Morgan fingerprint density at radius 1 is 1.15 bits per heavy atom. The lowest BCUT2D eigenvalue weighted by molar-refractivity contribution is 0.210. The molecule has 1 aromatic carbocycles. The van der Waals surface area contributed by atoms with Gasteiger partial charge in [0.25, 0.3) is 0 Å². The highest BCUT2D eigenvalue weighted by Crippen LogP contribution is 2.23. The van der Waals surface area contributed by atoms with Crippen LogP contribution in [0.15, 0.2) is 64.8 Å². The number of benzene rings is 1. The van der Waals surface area contributed by atoms with Crippen LogP contribution in [-0.2, 0) is 18.4 Å². The minimum absolute atomic E-state index is 0.0938. The Bertz CT molecular complexity index is 832. The molecule has 0 spiro atoms. The van der Waals surface area contributed by atoms with Gasteiger partial charge in [-0.3, -0.25) is 0 Å². The second-order valence-electron chi connectivity index (χ2n) is 7.64. The highest BCUT2D eigenvalue weighted by atomic mass is 32.1. The van der Waals surface area contributed by atoms with Crippen molar-refractivity contribution >= 4 is 23.1 Å². The van der Waals surface area contributed by atoms with Crippen molar-refractivity contribution in [2.75, 3.05) is 11.9 Å². The van der Waals surface area contributed by atoms with Crippen molar-refractivity contribution in [3.8, 4) is 0 Å². The molecule has 5 heteroatoms. The van der Waals surface area contributed by atoms with E-state index < -0.39 is 0 Å². The molecule has 0 fully saturated rings. The monoisotopic (exact) mass is 382 g/mol. The van der Waals surface area contributed by atoms with Gasteiger partial charge in [0.2, 0.25) is 0 Å². The Morgan fingerprint density at radius 2 is 1.93 bits per heavy atom. The van der Waals surface area contributed by atoms with Crippen LogP contribution < -0.4 is 5.32 Å². The summed E-state index contributed by atoms with van der Waals surface area (Å²) in [5.74, 6) is 0. The summed E-state index contributed by atoms with van der Waals surface area (Å²) in [6, 6.07) is 14.0. The van der Waals surface area contributed by atoms with Gasteiger partial charge in [0, 0.05) is 22.7 Å². The molecule has 27 heavy (non-hydrogen) atoms. The first-order valence-corrected chi connectivity index (χ1v) is 10.00. The van der Waals surface area contributed by atoms with Gasteiger partial charge in [-0.2, -0.15) is 0 Å². The van der Waals surface area contributed by atoms with E-state index in [0.717, 1.165) is 17.7 Å². The largest absolute Gasteiger partial charge is 0.472 e. The van der Waals surface area contributed by atoms with Crippen molar-refractivity contribution in [1.82, 2.24) is 4.90 Å². The maximum atomic E-state index is 12.9. The van der Waals surface area contributed by atoms with Gasteiger partial charge >= 0.3 is 6.03 Å². The molecule has 142 valence electrons. The molecule has 0 aliphatic rings. The van der Waals surface area contributed by atoms with Crippen molar-refractivity contribution in [3.63, 3.8) is 0 Å². The third kappa shape index (κ3) is 5.47. The summed E-state index contributed by atoms with van der Waals surface area (Å²) >= 11 is 1.72. The quantitative estimate of drug-likeness (QED) is 0.575. The molecular weight excluding hydrogens is 356 g/mol. The standard InChI is InChI=1S/C22H26N2O2S/c1-22(2,3)18-6-8-19(9-7-18)23-21(25)24(15-17-11-13-26-16-17)12-10-20-5-4-14-27-20/h4-9,11,13-14,16H,10,12,15H2,1-3H3,(H,23,25). The fourth-order valence-corrected chi connectivity index (χ4v) is 3.51. The van der Waals surface area contributed by atoms with Gasteiger partial charge in [0.1, 0.15) is 0 Å². The molecule has 0 saturated heterocycles. The van der Waals surface area contributed by atoms with E-state index in [1.165, 1.54) is 10.4 Å². The predicted molar refractivity (Wildman–Crippen MR) is 111 cm³/mol. The van der Waals surface area contributed by atoms with Crippen LogP contribution in [0, 0.1) is 0 Å². The summed E-state index contributed by atoms with van der Waals surface area (Å²) in [7, 11) is 0. The molecule has 0 aliphatic heterocycles. The molecule has 1 N–H and O–H groups in total. The van der Waals surface area contributed by atoms with Crippen molar-refractivity contribution in [2.24, 2.45) is 0 Å². The highest BCUT2D eigenvalue weighted by molar-refractivity contribution is 7.09. The SMILES string of the molecule is CC(C)(C)c1ccc(NC(=O)N(CCc2cccs2)Cc2ccoc2)cc1. The van der Waals surface area contributed by atoms with Crippen LogP contribution in [0.3, 0.4) is 0 Å². The van der Waals surface area contributed by atoms with E-state index in [2.05, 4.69) is 49.7 Å². The Labute approximate surface area is 164 Å². The van der Waals surface area contributed by atoms with Crippen LogP contribution in [0.25, 0.3) is 0 Å². The average molecular weight is 383 g/mol. The molecule has 0 saturated carbocycles. The lowest BCUT2D eigenvalue weighted by Gasteiger charge is -2.23. The summed E-state index contributed by atoms with van der Waals surface area (Å²) in [6.45, 7) is 7.71. The number of nitrogens with one attached hydrogen (secondary N) is 1. The van der Waals surface area contributed by atoms with Gasteiger partial charge < -0.3 is 14.6 Å². The van der Waals surface area contributed by atoms with E-state index >= 15 is 0 Å².